The summed E-state index contributed by atoms with van der Waals surface area (Å²) in [6.45, 7) is 1.54. The van der Waals surface area contributed by atoms with Gasteiger partial charge >= 0.3 is 0 Å². The fraction of sp³-hybridized carbons (Fsp3) is 0.409. The molecule has 2 aromatic carbocycles. The third kappa shape index (κ3) is 3.58. The first kappa shape index (κ1) is 19.2. The number of hydrogen-bond donors (Lipinski definition) is 0. The average Bonchev–Trinajstić information content (AvgIpc) is 3.50. The summed E-state index contributed by atoms with van der Waals surface area (Å²) in [4.78, 5) is 2.06. The molecule has 8 nitrogen and oxygen atoms in total. The lowest BCUT2D eigenvalue weighted by atomic mass is 10.1. The van der Waals surface area contributed by atoms with Gasteiger partial charge in [-0.2, -0.15) is 0 Å². The van der Waals surface area contributed by atoms with E-state index in [-0.39, 0.29) is 24.4 Å². The van der Waals surface area contributed by atoms with Gasteiger partial charge in [-0.3, -0.25) is 0 Å². The maximum absolute atomic E-state index is 6.10. The van der Waals surface area contributed by atoms with Gasteiger partial charge < -0.3 is 19.1 Å². The maximum Gasteiger partial charge on any atom is 0.182 e. The maximum atomic E-state index is 6.10. The monoisotopic (exact) mass is 407 g/mol. The second-order valence-electron chi connectivity index (χ2n) is 7.89. The summed E-state index contributed by atoms with van der Waals surface area (Å²) in [5, 5.41) is 12.4. The Morgan fingerprint density at radius 3 is 2.53 bits per heavy atom. The summed E-state index contributed by atoms with van der Waals surface area (Å²) in [6.07, 6.45) is -0.347. The Kier molecular flexibility index (Phi) is 5.20. The molecule has 4 atom stereocenters. The molecule has 2 aliphatic heterocycles. The minimum absolute atomic E-state index is 0.0844. The Morgan fingerprint density at radius 1 is 1.00 bits per heavy atom. The van der Waals surface area contributed by atoms with Crippen LogP contribution >= 0.6 is 0 Å². The van der Waals surface area contributed by atoms with Gasteiger partial charge in [-0.1, -0.05) is 30.3 Å². The van der Waals surface area contributed by atoms with E-state index in [1.54, 1.807) is 0 Å². The van der Waals surface area contributed by atoms with Gasteiger partial charge in [0.05, 0.1) is 19.8 Å². The van der Waals surface area contributed by atoms with E-state index in [1.165, 1.54) is 0 Å². The van der Waals surface area contributed by atoms with Crippen molar-refractivity contribution in [3.8, 4) is 11.4 Å². The van der Waals surface area contributed by atoms with E-state index in [0.717, 1.165) is 16.8 Å². The second kappa shape index (κ2) is 8.14. The van der Waals surface area contributed by atoms with Gasteiger partial charge in [0, 0.05) is 25.3 Å². The van der Waals surface area contributed by atoms with Crippen LogP contribution in [0.5, 0.6) is 0 Å². The molecule has 0 spiro atoms. The molecule has 30 heavy (non-hydrogen) atoms. The molecule has 156 valence electrons. The van der Waals surface area contributed by atoms with E-state index < -0.39 is 0 Å². The van der Waals surface area contributed by atoms with E-state index in [4.69, 9.17) is 14.2 Å². The zero-order valence-electron chi connectivity index (χ0n) is 17.1. The molecule has 0 saturated carbocycles. The van der Waals surface area contributed by atoms with Gasteiger partial charge in [-0.05, 0) is 40.3 Å². The van der Waals surface area contributed by atoms with Crippen LogP contribution in [0, 0.1) is 0 Å². The van der Waals surface area contributed by atoms with E-state index in [1.807, 2.05) is 49.1 Å². The highest BCUT2D eigenvalue weighted by molar-refractivity contribution is 5.60. The van der Waals surface area contributed by atoms with Gasteiger partial charge in [0.15, 0.2) is 5.82 Å². The molecule has 3 heterocycles. The highest BCUT2D eigenvalue weighted by Crippen LogP contribution is 2.37. The fourth-order valence-electron chi connectivity index (χ4n) is 4.09. The summed E-state index contributed by atoms with van der Waals surface area (Å²) in [6, 6.07) is 18.2. The number of benzene rings is 2. The number of aromatic nitrogens is 4. The third-order valence-electron chi connectivity index (χ3n) is 5.74. The molecule has 2 fully saturated rings. The molecule has 0 bridgehead atoms. The standard InChI is InChI=1S/C22H25N5O3/c1-26(2)17-10-8-16(9-11-17)22-23-24-25-27(22)18-13-29-21-19(14-30-20(18)21)28-12-15-6-4-3-5-7-15/h3-11,18-21H,12-14H2,1-2H3/t18-,19+,20+,21+/m0/s1. The van der Waals surface area contributed by atoms with Gasteiger partial charge in [0.2, 0.25) is 0 Å². The summed E-state index contributed by atoms with van der Waals surface area (Å²) < 4.78 is 20.1. The molecule has 1 aromatic heterocycles. The van der Waals surface area contributed by atoms with Crippen molar-refractivity contribution in [1.29, 1.82) is 0 Å². The van der Waals surface area contributed by atoms with Crippen LogP contribution < -0.4 is 4.90 Å². The molecule has 2 aliphatic rings. The van der Waals surface area contributed by atoms with Crippen LogP contribution in [0.4, 0.5) is 5.69 Å². The first-order valence-corrected chi connectivity index (χ1v) is 10.1. The van der Waals surface area contributed by atoms with Crippen molar-refractivity contribution in [1.82, 2.24) is 20.2 Å². The molecule has 0 radical (unpaired) electrons. The number of ether oxygens (including phenoxy) is 3. The summed E-state index contributed by atoms with van der Waals surface area (Å²) in [5.74, 6) is 0.715. The summed E-state index contributed by atoms with van der Waals surface area (Å²) >= 11 is 0. The highest BCUT2D eigenvalue weighted by Gasteiger charge is 2.50. The lowest BCUT2D eigenvalue weighted by Crippen LogP contribution is -2.32. The summed E-state index contributed by atoms with van der Waals surface area (Å²) in [7, 11) is 4.03. The van der Waals surface area contributed by atoms with Crippen LogP contribution in [0.2, 0.25) is 0 Å². The van der Waals surface area contributed by atoms with Crippen molar-refractivity contribution < 1.29 is 14.2 Å². The Balaban J connectivity index is 1.30. The number of tetrazole rings is 1. The Bertz CT molecular complexity index is 976. The highest BCUT2D eigenvalue weighted by atomic mass is 16.6. The lowest BCUT2D eigenvalue weighted by Gasteiger charge is -2.18. The van der Waals surface area contributed by atoms with E-state index in [9.17, 15) is 0 Å². The second-order valence-corrected chi connectivity index (χ2v) is 7.89. The van der Waals surface area contributed by atoms with E-state index >= 15 is 0 Å². The number of hydrogen-bond acceptors (Lipinski definition) is 7. The van der Waals surface area contributed by atoms with Crippen LogP contribution in [0.1, 0.15) is 11.6 Å². The van der Waals surface area contributed by atoms with Crippen molar-refractivity contribution in [2.75, 3.05) is 32.2 Å². The van der Waals surface area contributed by atoms with Crippen LogP contribution in [0.15, 0.2) is 54.6 Å². The minimum Gasteiger partial charge on any atom is -0.378 e. The molecule has 0 unspecified atom stereocenters. The fourth-order valence-corrected chi connectivity index (χ4v) is 4.09. The number of fused-ring (bicyclic) bond motifs is 1. The van der Waals surface area contributed by atoms with Gasteiger partial charge in [-0.25, -0.2) is 4.68 Å². The lowest BCUT2D eigenvalue weighted by molar-refractivity contribution is -0.0399. The van der Waals surface area contributed by atoms with Crippen LogP contribution in [0.3, 0.4) is 0 Å². The molecule has 3 aromatic rings. The SMILES string of the molecule is CN(C)c1ccc(-c2nnnn2[C@H]2CO[C@H]3[C@@H]2OC[C@H]3OCc2ccccc2)cc1. The number of rotatable bonds is 6. The Hall–Kier alpha value is -2.81. The van der Waals surface area contributed by atoms with Crippen molar-refractivity contribution in [2.45, 2.75) is 31.0 Å². The Labute approximate surface area is 175 Å². The Morgan fingerprint density at radius 2 is 1.77 bits per heavy atom. The quantitative estimate of drug-likeness (QED) is 0.621. The molecule has 0 N–H and O–H groups in total. The van der Waals surface area contributed by atoms with Crippen molar-refractivity contribution >= 4 is 5.69 Å². The van der Waals surface area contributed by atoms with Crippen molar-refractivity contribution in [3.63, 3.8) is 0 Å². The van der Waals surface area contributed by atoms with Gasteiger partial charge in [0.25, 0.3) is 0 Å². The first-order valence-electron chi connectivity index (χ1n) is 10.1. The van der Waals surface area contributed by atoms with Crippen LogP contribution in [-0.4, -0.2) is 65.8 Å². The normalized spacial score (nSPS) is 25.4. The molecule has 0 aliphatic carbocycles. The summed E-state index contributed by atoms with van der Waals surface area (Å²) in [5.41, 5.74) is 3.22. The van der Waals surface area contributed by atoms with E-state index in [0.29, 0.717) is 25.6 Å². The molecular weight excluding hydrogens is 382 g/mol. The topological polar surface area (TPSA) is 74.5 Å². The van der Waals surface area contributed by atoms with Crippen molar-refractivity contribution in [3.05, 3.63) is 60.2 Å². The smallest absolute Gasteiger partial charge is 0.182 e. The molecule has 5 rings (SSSR count). The average molecular weight is 407 g/mol. The largest absolute Gasteiger partial charge is 0.378 e. The minimum atomic E-state index is -0.130. The third-order valence-corrected chi connectivity index (χ3v) is 5.74. The number of anilines is 1. The molecule has 8 heteroatoms. The predicted molar refractivity (Wildman–Crippen MR) is 111 cm³/mol. The van der Waals surface area contributed by atoms with E-state index in [2.05, 4.69) is 44.7 Å². The molecule has 2 saturated heterocycles. The van der Waals surface area contributed by atoms with Crippen LogP contribution in [-0.2, 0) is 20.8 Å². The first-order chi connectivity index (χ1) is 14.7. The van der Waals surface area contributed by atoms with Gasteiger partial charge in [0.1, 0.15) is 24.4 Å². The zero-order valence-corrected chi connectivity index (χ0v) is 17.1. The van der Waals surface area contributed by atoms with Gasteiger partial charge in [-0.15, -0.1) is 5.10 Å². The van der Waals surface area contributed by atoms with Crippen LogP contribution in [0.25, 0.3) is 11.4 Å². The van der Waals surface area contributed by atoms with Crippen molar-refractivity contribution in [2.24, 2.45) is 0 Å². The predicted octanol–water partition coefficient (Wildman–Crippen LogP) is 2.33. The molecular formula is C22H25N5O3. The molecule has 0 amide bonds. The zero-order chi connectivity index (χ0) is 20.5. The number of nitrogens with zero attached hydrogens (tertiary/aromatic N) is 5.